The summed E-state index contributed by atoms with van der Waals surface area (Å²) in [5.74, 6) is -0.720. The Morgan fingerprint density at radius 3 is 2.35 bits per heavy atom. The zero-order valence-corrected chi connectivity index (χ0v) is 15.1. The number of amides is 1. The van der Waals surface area contributed by atoms with Crippen LogP contribution in [0.15, 0.2) is 36.4 Å². The van der Waals surface area contributed by atoms with Crippen LogP contribution < -0.4 is 5.32 Å². The van der Waals surface area contributed by atoms with Gasteiger partial charge in [0.15, 0.2) is 0 Å². The summed E-state index contributed by atoms with van der Waals surface area (Å²) in [6.45, 7) is 5.55. The Hall–Kier alpha value is -3.28. The quantitative estimate of drug-likeness (QED) is 0.731. The molecule has 3 rings (SSSR count). The number of aryl methyl sites for hydroxylation is 2. The second-order valence-corrected chi connectivity index (χ2v) is 6.02. The van der Waals surface area contributed by atoms with Crippen LogP contribution in [0.3, 0.4) is 0 Å². The number of carbonyl (C=O) groups is 2. The predicted molar refractivity (Wildman–Crippen MR) is 99.5 cm³/mol. The van der Waals surface area contributed by atoms with Crippen LogP contribution in [0.1, 0.15) is 37.7 Å². The lowest BCUT2D eigenvalue weighted by Gasteiger charge is -2.12. The van der Waals surface area contributed by atoms with Gasteiger partial charge < -0.3 is 10.1 Å². The maximum Gasteiger partial charge on any atom is 0.338 e. The highest BCUT2D eigenvalue weighted by Crippen LogP contribution is 2.21. The highest BCUT2D eigenvalue weighted by atomic mass is 16.5. The Morgan fingerprint density at radius 2 is 1.65 bits per heavy atom. The number of nitrogens with zero attached hydrogens (tertiary/aromatic N) is 2. The summed E-state index contributed by atoms with van der Waals surface area (Å²) in [5.41, 5.74) is 5.21. The highest BCUT2D eigenvalue weighted by molar-refractivity contribution is 6.07. The Bertz CT molecular complexity index is 1030. The molecule has 0 saturated carbocycles. The molecule has 1 aromatic heterocycles. The van der Waals surface area contributed by atoms with Crippen LogP contribution >= 0.6 is 0 Å². The standard InChI is InChI=1S/C20H19N3O3/c1-11-15(20(25)26-4)6-5-7-16(11)23-19(24)14-8-9-17-18(10-14)22-13(3)12(2)21-17/h5-10H,1-4H3,(H,23,24). The second-order valence-electron chi connectivity index (χ2n) is 6.02. The van der Waals surface area contributed by atoms with E-state index in [9.17, 15) is 9.59 Å². The minimum absolute atomic E-state index is 0.281. The number of ether oxygens (including phenoxy) is 1. The zero-order chi connectivity index (χ0) is 18.8. The van der Waals surface area contributed by atoms with E-state index in [0.717, 1.165) is 16.9 Å². The molecule has 6 heteroatoms. The molecule has 132 valence electrons. The zero-order valence-electron chi connectivity index (χ0n) is 15.1. The molecule has 0 bridgehead atoms. The lowest BCUT2D eigenvalue weighted by Crippen LogP contribution is -2.14. The normalized spacial score (nSPS) is 10.6. The van der Waals surface area contributed by atoms with E-state index < -0.39 is 5.97 Å². The van der Waals surface area contributed by atoms with Gasteiger partial charge in [-0.25, -0.2) is 14.8 Å². The van der Waals surface area contributed by atoms with E-state index in [-0.39, 0.29) is 5.91 Å². The van der Waals surface area contributed by atoms with Crippen molar-refractivity contribution in [2.75, 3.05) is 12.4 Å². The van der Waals surface area contributed by atoms with Crippen LogP contribution in [0.2, 0.25) is 0 Å². The van der Waals surface area contributed by atoms with E-state index >= 15 is 0 Å². The van der Waals surface area contributed by atoms with Gasteiger partial charge in [0.25, 0.3) is 5.91 Å². The van der Waals surface area contributed by atoms with Crippen LogP contribution in [0, 0.1) is 20.8 Å². The average molecular weight is 349 g/mol. The van der Waals surface area contributed by atoms with Gasteiger partial charge in [0.2, 0.25) is 0 Å². The van der Waals surface area contributed by atoms with Gasteiger partial charge in [-0.1, -0.05) is 6.07 Å². The smallest absolute Gasteiger partial charge is 0.338 e. The van der Waals surface area contributed by atoms with Crippen LogP contribution in [0.4, 0.5) is 5.69 Å². The van der Waals surface area contributed by atoms with Crippen molar-refractivity contribution in [3.8, 4) is 0 Å². The summed E-state index contributed by atoms with van der Waals surface area (Å²) in [6, 6.07) is 10.3. The third kappa shape index (κ3) is 3.26. The SMILES string of the molecule is COC(=O)c1cccc(NC(=O)c2ccc3nc(C)c(C)nc3c2)c1C. The van der Waals surface area contributed by atoms with Crippen LogP contribution in [-0.2, 0) is 4.74 Å². The average Bonchev–Trinajstić information content (AvgIpc) is 2.63. The number of fused-ring (bicyclic) bond motifs is 1. The molecule has 2 aromatic carbocycles. The summed E-state index contributed by atoms with van der Waals surface area (Å²) in [7, 11) is 1.33. The molecule has 0 aliphatic heterocycles. The topological polar surface area (TPSA) is 81.2 Å². The van der Waals surface area contributed by atoms with E-state index in [1.807, 2.05) is 13.8 Å². The Balaban J connectivity index is 1.92. The van der Waals surface area contributed by atoms with Crippen LogP contribution in [-0.4, -0.2) is 29.0 Å². The van der Waals surface area contributed by atoms with E-state index in [2.05, 4.69) is 15.3 Å². The first-order chi connectivity index (χ1) is 12.4. The summed E-state index contributed by atoms with van der Waals surface area (Å²) >= 11 is 0. The third-order valence-electron chi connectivity index (χ3n) is 4.32. The van der Waals surface area contributed by atoms with Crippen molar-refractivity contribution in [3.05, 3.63) is 64.5 Å². The molecule has 0 aliphatic carbocycles. The minimum atomic E-state index is -0.439. The highest BCUT2D eigenvalue weighted by Gasteiger charge is 2.15. The van der Waals surface area contributed by atoms with Gasteiger partial charge in [-0.3, -0.25) is 4.79 Å². The molecule has 1 heterocycles. The van der Waals surface area contributed by atoms with Crippen molar-refractivity contribution in [1.29, 1.82) is 0 Å². The summed E-state index contributed by atoms with van der Waals surface area (Å²) < 4.78 is 4.76. The maximum atomic E-state index is 12.6. The molecule has 3 aromatic rings. The Kier molecular flexibility index (Phi) is 4.67. The fourth-order valence-corrected chi connectivity index (χ4v) is 2.67. The van der Waals surface area contributed by atoms with E-state index in [1.54, 1.807) is 43.3 Å². The summed E-state index contributed by atoms with van der Waals surface area (Å²) in [5, 5.41) is 2.84. The van der Waals surface area contributed by atoms with Crippen LogP contribution in [0.25, 0.3) is 11.0 Å². The molecule has 0 atom stereocenters. The molecule has 0 fully saturated rings. The van der Waals surface area contributed by atoms with E-state index in [4.69, 9.17) is 4.74 Å². The van der Waals surface area contributed by atoms with Crippen molar-refractivity contribution in [2.24, 2.45) is 0 Å². The van der Waals surface area contributed by atoms with Crippen molar-refractivity contribution >= 4 is 28.6 Å². The van der Waals surface area contributed by atoms with Gasteiger partial charge in [0, 0.05) is 11.3 Å². The van der Waals surface area contributed by atoms with Gasteiger partial charge in [-0.2, -0.15) is 0 Å². The number of methoxy groups -OCH3 is 1. The van der Waals surface area contributed by atoms with Crippen LogP contribution in [0.5, 0.6) is 0 Å². The third-order valence-corrected chi connectivity index (χ3v) is 4.32. The van der Waals surface area contributed by atoms with Crippen molar-refractivity contribution in [3.63, 3.8) is 0 Å². The lowest BCUT2D eigenvalue weighted by atomic mass is 10.1. The fourth-order valence-electron chi connectivity index (χ4n) is 2.67. The minimum Gasteiger partial charge on any atom is -0.465 e. The number of benzene rings is 2. The van der Waals surface area contributed by atoms with Gasteiger partial charge in [0.05, 0.1) is 35.1 Å². The molecule has 1 amide bonds. The number of hydrogen-bond acceptors (Lipinski definition) is 5. The number of nitrogens with one attached hydrogen (secondary N) is 1. The Morgan fingerprint density at radius 1 is 0.962 bits per heavy atom. The molecule has 26 heavy (non-hydrogen) atoms. The van der Waals surface area contributed by atoms with Gasteiger partial charge in [0.1, 0.15) is 0 Å². The molecule has 1 N–H and O–H groups in total. The number of esters is 1. The van der Waals surface area contributed by atoms with Gasteiger partial charge >= 0.3 is 5.97 Å². The number of rotatable bonds is 3. The number of anilines is 1. The van der Waals surface area contributed by atoms with E-state index in [1.165, 1.54) is 7.11 Å². The predicted octanol–water partition coefficient (Wildman–Crippen LogP) is 3.59. The molecule has 0 radical (unpaired) electrons. The molecule has 6 nitrogen and oxygen atoms in total. The lowest BCUT2D eigenvalue weighted by molar-refractivity contribution is 0.0599. The number of hydrogen-bond donors (Lipinski definition) is 1. The number of aromatic nitrogens is 2. The van der Waals surface area contributed by atoms with Crippen molar-refractivity contribution < 1.29 is 14.3 Å². The largest absolute Gasteiger partial charge is 0.465 e. The number of carbonyl (C=O) groups excluding carboxylic acids is 2. The first-order valence-corrected chi connectivity index (χ1v) is 8.15. The van der Waals surface area contributed by atoms with Gasteiger partial charge in [-0.15, -0.1) is 0 Å². The summed E-state index contributed by atoms with van der Waals surface area (Å²) in [4.78, 5) is 33.4. The van der Waals surface area contributed by atoms with Crippen molar-refractivity contribution in [1.82, 2.24) is 9.97 Å². The molecular weight excluding hydrogens is 330 g/mol. The molecule has 0 unspecified atom stereocenters. The molecule has 0 saturated heterocycles. The van der Waals surface area contributed by atoms with Gasteiger partial charge in [-0.05, 0) is 56.7 Å². The van der Waals surface area contributed by atoms with E-state index in [0.29, 0.717) is 27.9 Å². The molecular formula is C20H19N3O3. The Labute approximate surface area is 151 Å². The first kappa shape index (κ1) is 17.5. The molecule has 0 spiro atoms. The fraction of sp³-hybridized carbons (Fsp3) is 0.200. The van der Waals surface area contributed by atoms with Crippen molar-refractivity contribution in [2.45, 2.75) is 20.8 Å². The monoisotopic (exact) mass is 349 g/mol. The maximum absolute atomic E-state index is 12.6. The second kappa shape index (κ2) is 6.92. The summed E-state index contributed by atoms with van der Waals surface area (Å²) in [6.07, 6.45) is 0. The first-order valence-electron chi connectivity index (χ1n) is 8.15. The molecule has 0 aliphatic rings.